The Morgan fingerprint density at radius 3 is 2.59 bits per heavy atom. The predicted molar refractivity (Wildman–Crippen MR) is 113 cm³/mol. The van der Waals surface area contributed by atoms with E-state index >= 15 is 0 Å². The third kappa shape index (κ3) is 7.05. The molecule has 1 saturated heterocycles. The van der Waals surface area contributed by atoms with Crippen LogP contribution in [0.4, 0.5) is 0 Å². The molecule has 2 rings (SSSR count). The second-order valence-electron chi connectivity index (χ2n) is 6.73. The van der Waals surface area contributed by atoms with Crippen LogP contribution in [-0.2, 0) is 42.9 Å². The van der Waals surface area contributed by atoms with Gasteiger partial charge in [0.25, 0.3) is 5.91 Å². The van der Waals surface area contributed by atoms with Crippen molar-refractivity contribution in [3.8, 4) is 0 Å². The number of carbonyl (C=O) groups is 4. The van der Waals surface area contributed by atoms with Crippen molar-refractivity contribution in [3.63, 3.8) is 0 Å². The Kier molecular flexibility index (Phi) is 10.7. The highest BCUT2D eigenvalue weighted by atomic mass is 32.2. The van der Waals surface area contributed by atoms with Gasteiger partial charge in [0, 0.05) is 25.4 Å². The van der Waals surface area contributed by atoms with E-state index in [9.17, 15) is 19.2 Å². The first-order chi connectivity index (χ1) is 15.4. The topological polar surface area (TPSA) is 130 Å². The molecule has 0 aromatic carbocycles. The van der Waals surface area contributed by atoms with Gasteiger partial charge in [0.15, 0.2) is 0 Å². The summed E-state index contributed by atoms with van der Waals surface area (Å²) in [6, 6.07) is -0.800. The van der Waals surface area contributed by atoms with Crippen molar-refractivity contribution in [1.29, 1.82) is 0 Å². The molecule has 11 nitrogen and oxygen atoms in total. The summed E-state index contributed by atoms with van der Waals surface area (Å²) in [6.45, 7) is 5.80. The van der Waals surface area contributed by atoms with Gasteiger partial charge in [0.1, 0.15) is 36.9 Å². The largest absolute Gasteiger partial charge is 0.461 e. The standard InChI is InChI=1S/C20H28N2O9S/c1-4-5-30-20(26)17-14(10-31-13(2)23)12-32-19-16(18(25)22(17)19)21-15(24)11-29-9-8-28-7-6-27-3/h4,16,19H,1,5-12H2,2-3H3,(H,21,24)/t16-,19?/m1/s1. The molecule has 2 amide bonds. The van der Waals surface area contributed by atoms with Gasteiger partial charge in [-0.3, -0.25) is 19.3 Å². The summed E-state index contributed by atoms with van der Waals surface area (Å²) in [5.41, 5.74) is 0.502. The van der Waals surface area contributed by atoms with Crippen LogP contribution < -0.4 is 5.32 Å². The number of methoxy groups -OCH3 is 1. The van der Waals surface area contributed by atoms with Gasteiger partial charge in [-0.05, 0) is 0 Å². The van der Waals surface area contributed by atoms with Gasteiger partial charge in [-0.2, -0.15) is 0 Å². The van der Waals surface area contributed by atoms with Gasteiger partial charge in [-0.25, -0.2) is 4.79 Å². The molecule has 1 unspecified atom stereocenters. The number of carbonyl (C=O) groups excluding carboxylic acids is 4. The smallest absolute Gasteiger partial charge is 0.355 e. The van der Waals surface area contributed by atoms with Crippen LogP contribution in [0.2, 0.25) is 0 Å². The molecule has 0 spiro atoms. The molecule has 2 atom stereocenters. The minimum absolute atomic E-state index is 0.0320. The molecule has 32 heavy (non-hydrogen) atoms. The number of nitrogens with zero attached hydrogens (tertiary/aromatic N) is 1. The lowest BCUT2D eigenvalue weighted by molar-refractivity contribution is -0.153. The molecular weight excluding hydrogens is 444 g/mol. The molecule has 0 radical (unpaired) electrons. The zero-order valence-corrected chi connectivity index (χ0v) is 18.9. The maximum Gasteiger partial charge on any atom is 0.355 e. The molecule has 0 aromatic rings. The van der Waals surface area contributed by atoms with Crippen molar-refractivity contribution in [3.05, 3.63) is 23.9 Å². The molecule has 2 aliphatic rings. The number of esters is 2. The van der Waals surface area contributed by atoms with Gasteiger partial charge in [0.05, 0.1) is 26.4 Å². The summed E-state index contributed by atoms with van der Waals surface area (Å²) in [5.74, 6) is -1.79. The Bertz CT molecular complexity index is 755. The average Bonchev–Trinajstić information content (AvgIpc) is 2.78. The van der Waals surface area contributed by atoms with E-state index in [1.807, 2.05) is 0 Å². The Morgan fingerprint density at radius 2 is 1.91 bits per heavy atom. The first kappa shape index (κ1) is 25.8. The summed E-state index contributed by atoms with van der Waals surface area (Å²) >= 11 is 1.35. The zero-order valence-electron chi connectivity index (χ0n) is 18.1. The molecule has 1 N–H and O–H groups in total. The molecule has 1 fully saturated rings. The SMILES string of the molecule is C=CCOC(=O)C1=C(COC(C)=O)CSC2[C@H](NC(=O)COCCOCCOC)C(=O)N12. The van der Waals surface area contributed by atoms with E-state index in [1.165, 1.54) is 29.7 Å². The number of thioether (sulfide) groups is 1. The fourth-order valence-electron chi connectivity index (χ4n) is 2.92. The zero-order chi connectivity index (χ0) is 23.5. The third-order valence-corrected chi connectivity index (χ3v) is 5.72. The maximum atomic E-state index is 12.7. The highest BCUT2D eigenvalue weighted by Crippen LogP contribution is 2.40. The molecule has 2 aliphatic heterocycles. The second-order valence-corrected chi connectivity index (χ2v) is 7.84. The lowest BCUT2D eigenvalue weighted by Gasteiger charge is -2.49. The maximum absolute atomic E-state index is 12.7. The van der Waals surface area contributed by atoms with E-state index in [0.717, 1.165) is 0 Å². The number of nitrogens with one attached hydrogen (secondary N) is 1. The summed E-state index contributed by atoms with van der Waals surface area (Å²) in [7, 11) is 1.57. The van der Waals surface area contributed by atoms with Crippen LogP contribution in [0, 0.1) is 0 Å². The van der Waals surface area contributed by atoms with E-state index in [1.54, 1.807) is 7.11 Å². The number of hydrogen-bond acceptors (Lipinski definition) is 10. The molecule has 0 aromatic heterocycles. The molecule has 12 heteroatoms. The molecule has 2 heterocycles. The third-order valence-electron chi connectivity index (χ3n) is 4.38. The summed E-state index contributed by atoms with van der Waals surface area (Å²) < 4.78 is 25.4. The Morgan fingerprint density at radius 1 is 1.19 bits per heavy atom. The van der Waals surface area contributed by atoms with Crippen LogP contribution >= 0.6 is 11.8 Å². The Balaban J connectivity index is 1.92. The molecule has 0 saturated carbocycles. The normalized spacial score (nSPS) is 19.7. The predicted octanol–water partition coefficient (Wildman–Crippen LogP) is -0.388. The van der Waals surface area contributed by atoms with Crippen LogP contribution in [0.15, 0.2) is 23.9 Å². The number of ether oxygens (including phenoxy) is 5. The monoisotopic (exact) mass is 472 g/mol. The van der Waals surface area contributed by atoms with Gasteiger partial charge in [-0.1, -0.05) is 12.7 Å². The summed E-state index contributed by atoms with van der Waals surface area (Å²) in [5, 5.41) is 2.16. The van der Waals surface area contributed by atoms with Crippen LogP contribution in [0.1, 0.15) is 6.92 Å². The second kappa shape index (κ2) is 13.2. The quantitative estimate of drug-likeness (QED) is 0.154. The summed E-state index contributed by atoms with van der Waals surface area (Å²) in [4.78, 5) is 49.9. The molecule has 0 aliphatic carbocycles. The lowest BCUT2D eigenvalue weighted by Crippen LogP contribution is -2.71. The van der Waals surface area contributed by atoms with Gasteiger partial charge in [-0.15, -0.1) is 11.8 Å². The highest BCUT2D eigenvalue weighted by Gasteiger charge is 2.54. The van der Waals surface area contributed by atoms with E-state index in [4.69, 9.17) is 23.7 Å². The van der Waals surface area contributed by atoms with Crippen LogP contribution in [0.25, 0.3) is 0 Å². The van der Waals surface area contributed by atoms with Gasteiger partial charge >= 0.3 is 11.9 Å². The first-order valence-corrected chi connectivity index (χ1v) is 11.0. The fourth-order valence-corrected chi connectivity index (χ4v) is 4.24. The van der Waals surface area contributed by atoms with Crippen molar-refractivity contribution in [2.45, 2.75) is 18.3 Å². The molecule has 178 valence electrons. The minimum atomic E-state index is -0.800. The number of amides is 2. The van der Waals surface area contributed by atoms with Crippen molar-refractivity contribution >= 4 is 35.5 Å². The minimum Gasteiger partial charge on any atom is -0.461 e. The van der Waals surface area contributed by atoms with Gasteiger partial charge < -0.3 is 29.0 Å². The van der Waals surface area contributed by atoms with Crippen LogP contribution in [0.3, 0.4) is 0 Å². The number of hydrogen-bond donors (Lipinski definition) is 1. The number of fused-ring (bicyclic) bond motifs is 1. The van der Waals surface area contributed by atoms with E-state index in [2.05, 4.69) is 11.9 Å². The lowest BCUT2D eigenvalue weighted by atomic mass is 10.0. The first-order valence-electron chi connectivity index (χ1n) is 9.92. The Hall–Kier alpha value is -2.41. The van der Waals surface area contributed by atoms with Crippen molar-refractivity contribution < 1.29 is 42.9 Å². The van der Waals surface area contributed by atoms with Crippen molar-refractivity contribution in [2.24, 2.45) is 0 Å². The van der Waals surface area contributed by atoms with Crippen molar-refractivity contribution in [1.82, 2.24) is 10.2 Å². The van der Waals surface area contributed by atoms with E-state index < -0.39 is 35.2 Å². The summed E-state index contributed by atoms with van der Waals surface area (Å²) in [6.07, 6.45) is 1.41. The average molecular weight is 473 g/mol. The van der Waals surface area contributed by atoms with E-state index in [-0.39, 0.29) is 32.1 Å². The fraction of sp³-hybridized carbons (Fsp3) is 0.600. The highest BCUT2D eigenvalue weighted by molar-refractivity contribution is 8.00. The molecular formula is C20H28N2O9S. The number of β-lactam (4-membered cyclic amide) rings is 1. The van der Waals surface area contributed by atoms with Crippen LogP contribution in [-0.4, -0.2) is 99.2 Å². The van der Waals surface area contributed by atoms with E-state index in [0.29, 0.717) is 31.1 Å². The van der Waals surface area contributed by atoms with Crippen LogP contribution in [0.5, 0.6) is 0 Å². The van der Waals surface area contributed by atoms with Crippen molar-refractivity contribution in [2.75, 3.05) is 59.1 Å². The molecule has 0 bridgehead atoms. The number of rotatable bonds is 14. The Labute approximate surface area is 190 Å². The van der Waals surface area contributed by atoms with Gasteiger partial charge in [0.2, 0.25) is 5.91 Å².